The monoisotopic (exact) mass is 379 g/mol. The maximum Gasteiger partial charge on any atom is 0.255 e. The van der Waals surface area contributed by atoms with Crippen LogP contribution in [0, 0.1) is 13.8 Å². The molecular weight excluding hydrogens is 358 g/mol. The highest BCUT2D eigenvalue weighted by molar-refractivity contribution is 6.07. The first-order chi connectivity index (χ1) is 14.1. The van der Waals surface area contributed by atoms with E-state index in [0.717, 1.165) is 45.9 Å². The zero-order valence-electron chi connectivity index (χ0n) is 16.4. The van der Waals surface area contributed by atoms with E-state index in [2.05, 4.69) is 34.6 Å². The Morgan fingerprint density at radius 3 is 2.59 bits per heavy atom. The number of hydrogen-bond acceptors (Lipinski definition) is 2. The molecule has 3 aromatic carbocycles. The van der Waals surface area contributed by atoms with Crippen molar-refractivity contribution in [3.05, 3.63) is 101 Å². The van der Waals surface area contributed by atoms with Crippen LogP contribution in [0.25, 0.3) is 16.8 Å². The van der Waals surface area contributed by atoms with Gasteiger partial charge in [0.2, 0.25) is 0 Å². The van der Waals surface area contributed by atoms with Crippen molar-refractivity contribution in [3.63, 3.8) is 0 Å². The van der Waals surface area contributed by atoms with Crippen molar-refractivity contribution in [2.45, 2.75) is 20.3 Å². The lowest BCUT2D eigenvalue weighted by molar-refractivity contribution is 0.102. The first-order valence-electron chi connectivity index (χ1n) is 9.74. The van der Waals surface area contributed by atoms with Gasteiger partial charge in [-0.1, -0.05) is 42.5 Å². The van der Waals surface area contributed by atoms with Crippen molar-refractivity contribution in [1.82, 2.24) is 9.55 Å². The summed E-state index contributed by atoms with van der Waals surface area (Å²) in [6.07, 6.45) is 2.61. The van der Waals surface area contributed by atoms with Gasteiger partial charge in [-0.15, -0.1) is 0 Å². The van der Waals surface area contributed by atoms with Gasteiger partial charge in [-0.2, -0.15) is 0 Å². The van der Waals surface area contributed by atoms with Crippen LogP contribution in [0.4, 0.5) is 5.69 Å². The largest absolute Gasteiger partial charge is 0.322 e. The predicted octanol–water partition coefficient (Wildman–Crippen LogP) is 5.31. The molecule has 142 valence electrons. The van der Waals surface area contributed by atoms with Crippen LogP contribution in [-0.4, -0.2) is 15.5 Å². The third-order valence-corrected chi connectivity index (χ3v) is 5.73. The van der Waals surface area contributed by atoms with Gasteiger partial charge in [-0.25, -0.2) is 4.98 Å². The minimum absolute atomic E-state index is 0.0784. The second kappa shape index (κ2) is 6.74. The van der Waals surface area contributed by atoms with Gasteiger partial charge in [0, 0.05) is 22.6 Å². The number of rotatable bonds is 3. The van der Waals surface area contributed by atoms with E-state index in [1.807, 2.05) is 67.2 Å². The molecule has 0 radical (unpaired) electrons. The number of fused-ring (bicyclic) bond motifs is 3. The fourth-order valence-corrected chi connectivity index (χ4v) is 4.06. The second-order valence-electron chi connectivity index (χ2n) is 7.46. The number of aromatic nitrogens is 2. The molecule has 1 aliphatic carbocycles. The molecule has 0 saturated carbocycles. The summed E-state index contributed by atoms with van der Waals surface area (Å²) < 4.78 is 2.03. The Bertz CT molecular complexity index is 1250. The number of nitrogens with one attached hydrogen (secondary N) is 1. The van der Waals surface area contributed by atoms with E-state index in [1.165, 1.54) is 11.1 Å². The maximum absolute atomic E-state index is 13.1. The summed E-state index contributed by atoms with van der Waals surface area (Å²) in [6, 6.07) is 22.2. The number of carbonyl (C=O) groups is 1. The Kier molecular flexibility index (Phi) is 4.06. The fraction of sp³-hybridized carbons (Fsp3) is 0.120. The maximum atomic E-state index is 13.1. The van der Waals surface area contributed by atoms with Crippen LogP contribution in [0.15, 0.2) is 73.1 Å². The zero-order chi connectivity index (χ0) is 20.0. The Balaban J connectivity index is 1.45. The number of imidazole rings is 1. The summed E-state index contributed by atoms with van der Waals surface area (Å²) in [4.78, 5) is 17.5. The molecule has 0 unspecified atom stereocenters. The van der Waals surface area contributed by atoms with Gasteiger partial charge in [0.05, 0.1) is 12.0 Å². The first kappa shape index (κ1) is 17.4. The fourth-order valence-electron chi connectivity index (χ4n) is 4.06. The molecule has 5 rings (SSSR count). The molecule has 1 aliphatic rings. The van der Waals surface area contributed by atoms with Gasteiger partial charge in [0.25, 0.3) is 5.91 Å². The lowest BCUT2D eigenvalue weighted by Gasteiger charge is -2.12. The van der Waals surface area contributed by atoms with E-state index >= 15 is 0 Å². The highest BCUT2D eigenvalue weighted by atomic mass is 16.1. The molecule has 1 amide bonds. The van der Waals surface area contributed by atoms with E-state index in [4.69, 9.17) is 0 Å². The summed E-state index contributed by atoms with van der Waals surface area (Å²) in [6.45, 7) is 4.03. The summed E-state index contributed by atoms with van der Waals surface area (Å²) in [5.74, 6) is -0.0784. The first-order valence-corrected chi connectivity index (χ1v) is 9.74. The predicted molar refractivity (Wildman–Crippen MR) is 116 cm³/mol. The van der Waals surface area contributed by atoms with Crippen LogP contribution >= 0.6 is 0 Å². The second-order valence-corrected chi connectivity index (χ2v) is 7.46. The highest BCUT2D eigenvalue weighted by Gasteiger charge is 2.23. The smallest absolute Gasteiger partial charge is 0.255 e. The minimum Gasteiger partial charge on any atom is -0.322 e. The number of nitrogens with zero attached hydrogens (tertiary/aromatic N) is 2. The number of aryl methyl sites for hydroxylation is 1. The number of benzene rings is 3. The van der Waals surface area contributed by atoms with Gasteiger partial charge >= 0.3 is 0 Å². The average Bonchev–Trinajstić information content (AvgIpc) is 3.28. The average molecular weight is 379 g/mol. The summed E-state index contributed by atoms with van der Waals surface area (Å²) in [5.41, 5.74) is 9.33. The van der Waals surface area contributed by atoms with Crippen molar-refractivity contribution in [2.24, 2.45) is 0 Å². The van der Waals surface area contributed by atoms with Crippen LogP contribution in [0.5, 0.6) is 0 Å². The van der Waals surface area contributed by atoms with E-state index in [1.54, 1.807) is 0 Å². The lowest BCUT2D eigenvalue weighted by atomic mass is 10.0. The van der Waals surface area contributed by atoms with Crippen molar-refractivity contribution in [3.8, 4) is 16.8 Å². The van der Waals surface area contributed by atoms with Gasteiger partial charge in [0.15, 0.2) is 0 Å². The molecule has 1 N–H and O–H groups in total. The normalized spacial score (nSPS) is 11.8. The summed E-state index contributed by atoms with van der Waals surface area (Å²) in [5, 5.41) is 3.08. The number of carbonyl (C=O) groups excluding carboxylic acids is 1. The van der Waals surface area contributed by atoms with Crippen molar-refractivity contribution in [2.75, 3.05) is 5.32 Å². The molecule has 0 spiro atoms. The summed E-state index contributed by atoms with van der Waals surface area (Å²) >= 11 is 0. The minimum atomic E-state index is -0.0784. The number of hydrogen-bond donors (Lipinski definition) is 1. The lowest BCUT2D eigenvalue weighted by Crippen LogP contribution is -2.14. The van der Waals surface area contributed by atoms with Crippen molar-refractivity contribution >= 4 is 11.6 Å². The van der Waals surface area contributed by atoms with Crippen molar-refractivity contribution in [1.29, 1.82) is 0 Å². The van der Waals surface area contributed by atoms with Crippen LogP contribution in [0.1, 0.15) is 32.9 Å². The van der Waals surface area contributed by atoms with E-state index in [-0.39, 0.29) is 5.91 Å². The molecule has 1 heterocycles. The Hall–Kier alpha value is -3.66. The van der Waals surface area contributed by atoms with Crippen molar-refractivity contribution < 1.29 is 4.79 Å². The Labute approximate surface area is 169 Å². The molecule has 29 heavy (non-hydrogen) atoms. The SMILES string of the molecule is Cc1ncn(-c2cccc(NC(=O)c3cccc4c3Cc3ccccc3-4)c2)c1C. The van der Waals surface area contributed by atoms with E-state index in [9.17, 15) is 4.79 Å². The molecule has 0 bridgehead atoms. The topological polar surface area (TPSA) is 46.9 Å². The van der Waals surface area contributed by atoms with E-state index in [0.29, 0.717) is 0 Å². The number of amides is 1. The quantitative estimate of drug-likeness (QED) is 0.462. The van der Waals surface area contributed by atoms with E-state index < -0.39 is 0 Å². The molecule has 0 saturated heterocycles. The summed E-state index contributed by atoms with van der Waals surface area (Å²) in [7, 11) is 0. The van der Waals surface area contributed by atoms with Crippen LogP contribution < -0.4 is 5.32 Å². The highest BCUT2D eigenvalue weighted by Crippen LogP contribution is 2.38. The molecule has 4 heteroatoms. The van der Waals surface area contributed by atoms with Gasteiger partial charge in [-0.05, 0) is 66.8 Å². The molecule has 1 aromatic heterocycles. The molecule has 0 fully saturated rings. The van der Waals surface area contributed by atoms with Crippen LogP contribution in [-0.2, 0) is 6.42 Å². The Morgan fingerprint density at radius 1 is 0.966 bits per heavy atom. The van der Waals surface area contributed by atoms with Crippen LogP contribution in [0.3, 0.4) is 0 Å². The molecule has 0 aliphatic heterocycles. The molecule has 0 atom stereocenters. The Morgan fingerprint density at radius 2 is 1.76 bits per heavy atom. The molecular formula is C25H21N3O. The third kappa shape index (κ3) is 2.93. The standard InChI is InChI=1S/C25H21N3O/c1-16-17(2)28(15-26-16)20-9-5-8-19(14-20)27-25(29)23-12-6-11-22-21-10-4-3-7-18(21)13-24(22)23/h3-12,14-15H,13H2,1-2H3,(H,27,29). The molecule has 4 aromatic rings. The third-order valence-electron chi connectivity index (χ3n) is 5.73. The van der Waals surface area contributed by atoms with Gasteiger partial charge in [-0.3, -0.25) is 4.79 Å². The number of anilines is 1. The van der Waals surface area contributed by atoms with Crippen LogP contribution in [0.2, 0.25) is 0 Å². The molecule has 4 nitrogen and oxygen atoms in total. The van der Waals surface area contributed by atoms with Gasteiger partial charge < -0.3 is 9.88 Å². The van der Waals surface area contributed by atoms with Gasteiger partial charge in [0.1, 0.15) is 0 Å². The zero-order valence-corrected chi connectivity index (χ0v) is 16.4.